The van der Waals surface area contributed by atoms with E-state index in [9.17, 15) is 22.0 Å². The van der Waals surface area contributed by atoms with E-state index in [2.05, 4.69) is 15.6 Å². The van der Waals surface area contributed by atoms with Crippen LogP contribution in [0, 0.1) is 11.6 Å². The second-order valence-electron chi connectivity index (χ2n) is 4.81. The van der Waals surface area contributed by atoms with Crippen LogP contribution in [0.5, 0.6) is 0 Å². The molecule has 0 amide bonds. The second-order valence-corrected chi connectivity index (χ2v) is 4.81. The zero-order chi connectivity index (χ0) is 16.8. The molecule has 1 atom stereocenters. The van der Waals surface area contributed by atoms with Crippen molar-refractivity contribution in [3.63, 3.8) is 0 Å². The predicted octanol–water partition coefficient (Wildman–Crippen LogP) is 3.80. The minimum absolute atomic E-state index is 0. The highest BCUT2D eigenvalue weighted by Crippen LogP contribution is 2.19. The first-order valence-corrected chi connectivity index (χ1v) is 6.69. The average molecular weight is 451 g/mol. The van der Waals surface area contributed by atoms with E-state index in [0.29, 0.717) is 5.56 Å². The van der Waals surface area contributed by atoms with Crippen LogP contribution in [-0.2, 0) is 0 Å². The molecule has 1 aromatic carbocycles. The molecule has 1 aromatic rings. The van der Waals surface area contributed by atoms with Gasteiger partial charge < -0.3 is 10.6 Å². The number of alkyl halides is 3. The highest BCUT2D eigenvalue weighted by Gasteiger charge is 2.26. The van der Waals surface area contributed by atoms with Gasteiger partial charge in [0.2, 0.25) is 0 Å². The molecule has 0 saturated carbocycles. The summed E-state index contributed by atoms with van der Waals surface area (Å²) in [5.41, 5.74) is 0.319. The fourth-order valence-corrected chi connectivity index (χ4v) is 1.80. The molecule has 9 heteroatoms. The fraction of sp³-hybridized carbons (Fsp3) is 0.500. The Kier molecular flexibility index (Phi) is 9.40. The van der Waals surface area contributed by atoms with E-state index in [-0.39, 0.29) is 48.9 Å². The van der Waals surface area contributed by atoms with Gasteiger partial charge in [0.25, 0.3) is 0 Å². The third-order valence-corrected chi connectivity index (χ3v) is 2.99. The molecule has 0 aromatic heterocycles. The molecule has 1 rings (SSSR count). The van der Waals surface area contributed by atoms with Crippen LogP contribution in [0.15, 0.2) is 23.2 Å². The Balaban J connectivity index is 0.00000484. The van der Waals surface area contributed by atoms with Crippen LogP contribution in [0.3, 0.4) is 0 Å². The van der Waals surface area contributed by atoms with Crippen molar-refractivity contribution in [3.8, 4) is 0 Å². The Morgan fingerprint density at radius 3 is 2.39 bits per heavy atom. The van der Waals surface area contributed by atoms with E-state index in [0.717, 1.165) is 12.1 Å². The van der Waals surface area contributed by atoms with Crippen molar-refractivity contribution in [1.29, 1.82) is 0 Å². The first-order valence-electron chi connectivity index (χ1n) is 6.69. The van der Waals surface area contributed by atoms with Crippen LogP contribution in [0.1, 0.15) is 24.8 Å². The zero-order valence-corrected chi connectivity index (χ0v) is 15.0. The number of halogens is 6. The van der Waals surface area contributed by atoms with Gasteiger partial charge in [-0.15, -0.1) is 24.0 Å². The monoisotopic (exact) mass is 451 g/mol. The van der Waals surface area contributed by atoms with Crippen molar-refractivity contribution >= 4 is 29.9 Å². The highest BCUT2D eigenvalue weighted by atomic mass is 127. The number of guanidine groups is 1. The van der Waals surface area contributed by atoms with E-state index in [1.807, 2.05) is 0 Å². The number of benzene rings is 1. The summed E-state index contributed by atoms with van der Waals surface area (Å²) in [5, 5.41) is 5.33. The SMILES string of the molecule is CN=C(NCCC(F)(F)F)NCC(C)c1ccc(F)cc1F.I. The number of aliphatic imine (C=N–C) groups is 1. The molecule has 1 unspecified atom stereocenters. The normalized spacial score (nSPS) is 13.3. The quantitative estimate of drug-likeness (QED) is 0.309. The number of hydrogen-bond acceptors (Lipinski definition) is 1. The minimum atomic E-state index is -4.24. The van der Waals surface area contributed by atoms with Gasteiger partial charge in [-0.2, -0.15) is 13.2 Å². The third-order valence-electron chi connectivity index (χ3n) is 2.99. The summed E-state index contributed by atoms with van der Waals surface area (Å²) in [6, 6.07) is 3.30. The van der Waals surface area contributed by atoms with Crippen molar-refractivity contribution < 1.29 is 22.0 Å². The van der Waals surface area contributed by atoms with Crippen LogP contribution >= 0.6 is 24.0 Å². The van der Waals surface area contributed by atoms with Crippen LogP contribution in [-0.4, -0.2) is 32.3 Å². The van der Waals surface area contributed by atoms with Gasteiger partial charge >= 0.3 is 6.18 Å². The van der Waals surface area contributed by atoms with Gasteiger partial charge in [-0.05, 0) is 11.6 Å². The summed E-state index contributed by atoms with van der Waals surface area (Å²) in [6.07, 6.45) is -5.22. The van der Waals surface area contributed by atoms with Crippen LogP contribution < -0.4 is 10.6 Å². The van der Waals surface area contributed by atoms with Gasteiger partial charge in [0.05, 0.1) is 6.42 Å². The van der Waals surface area contributed by atoms with E-state index in [4.69, 9.17) is 0 Å². The van der Waals surface area contributed by atoms with Crippen LogP contribution in [0.25, 0.3) is 0 Å². The molecule has 23 heavy (non-hydrogen) atoms. The lowest BCUT2D eigenvalue weighted by atomic mass is 10.0. The maximum absolute atomic E-state index is 13.6. The maximum atomic E-state index is 13.6. The summed E-state index contributed by atoms with van der Waals surface area (Å²) in [5.74, 6) is -1.43. The molecule has 132 valence electrons. The lowest BCUT2D eigenvalue weighted by Crippen LogP contribution is -2.40. The summed E-state index contributed by atoms with van der Waals surface area (Å²) in [7, 11) is 1.42. The van der Waals surface area contributed by atoms with E-state index < -0.39 is 24.2 Å². The summed E-state index contributed by atoms with van der Waals surface area (Å²) in [6.45, 7) is 1.66. The molecule has 0 saturated heterocycles. The molecular weight excluding hydrogens is 432 g/mol. The smallest absolute Gasteiger partial charge is 0.356 e. The summed E-state index contributed by atoms with van der Waals surface area (Å²) >= 11 is 0. The molecule has 0 bridgehead atoms. The Bertz CT molecular complexity index is 520. The Morgan fingerprint density at radius 1 is 1.22 bits per heavy atom. The molecule has 0 spiro atoms. The predicted molar refractivity (Wildman–Crippen MR) is 90.2 cm³/mol. The van der Waals surface area contributed by atoms with Gasteiger partial charge in [0, 0.05) is 32.1 Å². The zero-order valence-electron chi connectivity index (χ0n) is 12.7. The average Bonchev–Trinajstić information content (AvgIpc) is 2.41. The van der Waals surface area contributed by atoms with Gasteiger partial charge in [0.15, 0.2) is 5.96 Å². The topological polar surface area (TPSA) is 36.4 Å². The fourth-order valence-electron chi connectivity index (χ4n) is 1.80. The number of rotatable bonds is 5. The van der Waals surface area contributed by atoms with Gasteiger partial charge in [-0.1, -0.05) is 13.0 Å². The number of nitrogens with zero attached hydrogens (tertiary/aromatic N) is 1. The molecule has 0 aliphatic carbocycles. The lowest BCUT2D eigenvalue weighted by Gasteiger charge is -2.17. The summed E-state index contributed by atoms with van der Waals surface area (Å²) < 4.78 is 62.6. The minimum Gasteiger partial charge on any atom is -0.356 e. The van der Waals surface area contributed by atoms with E-state index in [1.165, 1.54) is 13.1 Å². The molecular formula is C14H19F5IN3. The molecule has 0 fully saturated rings. The third kappa shape index (κ3) is 8.33. The van der Waals surface area contributed by atoms with Crippen molar-refractivity contribution in [3.05, 3.63) is 35.4 Å². The van der Waals surface area contributed by atoms with Crippen molar-refractivity contribution in [2.75, 3.05) is 20.1 Å². The Morgan fingerprint density at radius 2 is 1.87 bits per heavy atom. The highest BCUT2D eigenvalue weighted by molar-refractivity contribution is 14.0. The molecule has 2 N–H and O–H groups in total. The van der Waals surface area contributed by atoms with E-state index >= 15 is 0 Å². The standard InChI is InChI=1S/C14H18F5N3.HI/c1-9(11-4-3-10(15)7-12(11)16)8-22-13(20-2)21-6-5-14(17,18)19;/h3-4,7,9H,5-6,8H2,1-2H3,(H2,20,21,22);1H. The molecule has 0 heterocycles. The Labute approximate surface area is 148 Å². The first-order chi connectivity index (χ1) is 10.2. The van der Waals surface area contributed by atoms with Gasteiger partial charge in [0.1, 0.15) is 11.6 Å². The largest absolute Gasteiger partial charge is 0.390 e. The number of nitrogens with one attached hydrogen (secondary N) is 2. The van der Waals surface area contributed by atoms with Crippen molar-refractivity contribution in [1.82, 2.24) is 10.6 Å². The maximum Gasteiger partial charge on any atom is 0.390 e. The van der Waals surface area contributed by atoms with Crippen LogP contribution in [0.4, 0.5) is 22.0 Å². The second kappa shape index (κ2) is 9.89. The molecule has 3 nitrogen and oxygen atoms in total. The van der Waals surface area contributed by atoms with Crippen LogP contribution in [0.2, 0.25) is 0 Å². The Hall–Kier alpha value is -1.13. The summed E-state index contributed by atoms with van der Waals surface area (Å²) in [4.78, 5) is 3.78. The van der Waals surface area contributed by atoms with E-state index in [1.54, 1.807) is 6.92 Å². The number of hydrogen-bond donors (Lipinski definition) is 2. The van der Waals surface area contributed by atoms with Gasteiger partial charge in [-0.3, -0.25) is 4.99 Å². The van der Waals surface area contributed by atoms with Crippen molar-refractivity contribution in [2.45, 2.75) is 25.4 Å². The first kappa shape index (κ1) is 21.9. The molecule has 0 radical (unpaired) electrons. The molecule has 0 aliphatic heterocycles. The van der Waals surface area contributed by atoms with Crippen molar-refractivity contribution in [2.24, 2.45) is 4.99 Å². The van der Waals surface area contributed by atoms with Gasteiger partial charge in [-0.25, -0.2) is 8.78 Å². The molecule has 0 aliphatic rings. The lowest BCUT2D eigenvalue weighted by molar-refractivity contribution is -0.132.